The van der Waals surface area contributed by atoms with E-state index in [1.54, 1.807) is 11.3 Å². The Morgan fingerprint density at radius 1 is 1.04 bits per heavy atom. The van der Waals surface area contributed by atoms with Crippen LogP contribution in [0.25, 0.3) is 10.4 Å². The van der Waals surface area contributed by atoms with Gasteiger partial charge in [-0.25, -0.2) is 4.98 Å². The molecule has 3 aromatic rings. The first-order valence-electron chi connectivity index (χ1n) is 9.47. The minimum atomic E-state index is 0.574. The van der Waals surface area contributed by atoms with Crippen molar-refractivity contribution in [3.05, 3.63) is 76.4 Å². The van der Waals surface area contributed by atoms with Crippen LogP contribution in [-0.2, 0) is 13.1 Å². The summed E-state index contributed by atoms with van der Waals surface area (Å²) < 4.78 is 0. The Morgan fingerprint density at radius 3 is 2.56 bits per heavy atom. The Balaban J connectivity index is 1.25. The molecule has 2 heterocycles. The second-order valence-corrected chi connectivity index (χ2v) is 8.54. The van der Waals surface area contributed by atoms with Gasteiger partial charge in [0.05, 0.1) is 4.88 Å². The van der Waals surface area contributed by atoms with E-state index in [9.17, 15) is 0 Å². The summed E-state index contributed by atoms with van der Waals surface area (Å²) >= 11 is 8.02. The highest BCUT2D eigenvalue weighted by atomic mass is 35.5. The first-order chi connectivity index (χ1) is 13.3. The van der Waals surface area contributed by atoms with Crippen LogP contribution in [-0.4, -0.2) is 29.0 Å². The lowest BCUT2D eigenvalue weighted by atomic mass is 10.0. The van der Waals surface area contributed by atoms with E-state index in [1.165, 1.54) is 18.4 Å². The molecule has 0 unspecified atom stereocenters. The number of nitrogens with one attached hydrogen (secondary N) is 1. The molecule has 1 saturated heterocycles. The summed E-state index contributed by atoms with van der Waals surface area (Å²) in [7, 11) is 0. The van der Waals surface area contributed by atoms with Gasteiger partial charge >= 0.3 is 0 Å². The van der Waals surface area contributed by atoms with E-state index >= 15 is 0 Å². The van der Waals surface area contributed by atoms with Crippen LogP contribution >= 0.6 is 22.9 Å². The monoisotopic (exact) mass is 397 g/mol. The standard InChI is InChI=1S/C22H24ClN3S/c23-20-9-5-4-8-19(20)21-14-25-22(27-21)15-24-18-10-12-26(13-11-18)16-17-6-2-1-3-7-17/h1-9,14,18,24H,10-13,15-16H2. The lowest BCUT2D eigenvalue weighted by Crippen LogP contribution is -2.41. The molecule has 0 amide bonds. The third-order valence-electron chi connectivity index (χ3n) is 5.07. The van der Waals surface area contributed by atoms with Gasteiger partial charge in [-0.15, -0.1) is 11.3 Å². The van der Waals surface area contributed by atoms with E-state index in [0.717, 1.165) is 46.6 Å². The number of thiazole rings is 1. The number of aromatic nitrogens is 1. The van der Waals surface area contributed by atoms with Crippen molar-refractivity contribution in [2.45, 2.75) is 32.0 Å². The van der Waals surface area contributed by atoms with Crippen molar-refractivity contribution in [1.82, 2.24) is 15.2 Å². The van der Waals surface area contributed by atoms with Crippen LogP contribution < -0.4 is 5.32 Å². The van der Waals surface area contributed by atoms with Gasteiger partial charge < -0.3 is 5.32 Å². The lowest BCUT2D eigenvalue weighted by Gasteiger charge is -2.32. The second kappa shape index (κ2) is 8.98. The predicted molar refractivity (Wildman–Crippen MR) is 114 cm³/mol. The molecule has 1 aromatic heterocycles. The molecule has 2 aromatic carbocycles. The van der Waals surface area contributed by atoms with Crippen LogP contribution in [0.15, 0.2) is 60.8 Å². The molecule has 0 radical (unpaired) electrons. The smallest absolute Gasteiger partial charge is 0.107 e. The first kappa shape index (κ1) is 18.6. The van der Waals surface area contributed by atoms with Gasteiger partial charge in [-0.1, -0.05) is 60.1 Å². The molecule has 5 heteroatoms. The Hall–Kier alpha value is -1.72. The zero-order valence-corrected chi connectivity index (χ0v) is 16.8. The van der Waals surface area contributed by atoms with Crippen molar-refractivity contribution >= 4 is 22.9 Å². The Kier molecular flexibility index (Phi) is 6.20. The third kappa shape index (κ3) is 4.96. The number of hydrogen-bond acceptors (Lipinski definition) is 4. The molecule has 1 aliphatic heterocycles. The maximum Gasteiger partial charge on any atom is 0.107 e. The van der Waals surface area contributed by atoms with Crippen LogP contribution in [0, 0.1) is 0 Å². The van der Waals surface area contributed by atoms with Crippen LogP contribution in [0.3, 0.4) is 0 Å². The average molecular weight is 398 g/mol. The van der Waals surface area contributed by atoms with E-state index in [2.05, 4.69) is 51.6 Å². The quantitative estimate of drug-likeness (QED) is 0.618. The highest BCUT2D eigenvalue weighted by Gasteiger charge is 2.19. The Bertz CT molecular complexity index is 857. The fourth-order valence-electron chi connectivity index (χ4n) is 3.55. The van der Waals surface area contributed by atoms with E-state index < -0.39 is 0 Å². The molecule has 1 N–H and O–H groups in total. The molecule has 1 fully saturated rings. The van der Waals surface area contributed by atoms with E-state index in [0.29, 0.717) is 6.04 Å². The topological polar surface area (TPSA) is 28.2 Å². The van der Waals surface area contributed by atoms with Crippen molar-refractivity contribution < 1.29 is 0 Å². The summed E-state index contributed by atoms with van der Waals surface area (Å²) in [6, 6.07) is 19.3. The highest BCUT2D eigenvalue weighted by Crippen LogP contribution is 2.31. The summed E-state index contributed by atoms with van der Waals surface area (Å²) in [4.78, 5) is 8.26. The van der Waals surface area contributed by atoms with Gasteiger partial charge in [0.2, 0.25) is 0 Å². The summed E-state index contributed by atoms with van der Waals surface area (Å²) in [6.07, 6.45) is 4.32. The summed E-state index contributed by atoms with van der Waals surface area (Å²) in [5, 5.41) is 5.60. The molecular formula is C22H24ClN3S. The number of benzene rings is 2. The van der Waals surface area contributed by atoms with Gasteiger partial charge in [0.1, 0.15) is 5.01 Å². The molecule has 1 aliphatic rings. The van der Waals surface area contributed by atoms with Gasteiger partial charge in [0.15, 0.2) is 0 Å². The first-order valence-corrected chi connectivity index (χ1v) is 10.7. The largest absolute Gasteiger partial charge is 0.308 e. The number of likely N-dealkylation sites (tertiary alicyclic amines) is 1. The van der Waals surface area contributed by atoms with Crippen molar-refractivity contribution in [2.24, 2.45) is 0 Å². The number of halogens is 1. The zero-order valence-electron chi connectivity index (χ0n) is 15.3. The van der Waals surface area contributed by atoms with Gasteiger partial charge in [0.25, 0.3) is 0 Å². The molecule has 3 nitrogen and oxygen atoms in total. The number of rotatable bonds is 6. The van der Waals surface area contributed by atoms with Crippen LogP contribution in [0.4, 0.5) is 0 Å². The number of piperidine rings is 1. The fourth-order valence-corrected chi connectivity index (χ4v) is 4.75. The maximum atomic E-state index is 6.30. The van der Waals surface area contributed by atoms with Crippen LogP contribution in [0.5, 0.6) is 0 Å². The van der Waals surface area contributed by atoms with Gasteiger partial charge in [-0.2, -0.15) is 0 Å². The minimum absolute atomic E-state index is 0.574. The van der Waals surface area contributed by atoms with E-state index in [1.807, 2.05) is 24.4 Å². The number of hydrogen-bond donors (Lipinski definition) is 1. The second-order valence-electron chi connectivity index (χ2n) is 7.02. The van der Waals surface area contributed by atoms with Crippen LogP contribution in [0.2, 0.25) is 5.02 Å². The van der Waals surface area contributed by atoms with Gasteiger partial charge in [-0.3, -0.25) is 4.90 Å². The molecule has 140 valence electrons. The van der Waals surface area contributed by atoms with Gasteiger partial charge in [0, 0.05) is 35.9 Å². The lowest BCUT2D eigenvalue weighted by molar-refractivity contribution is 0.190. The number of nitrogens with zero attached hydrogens (tertiary/aromatic N) is 2. The van der Waals surface area contributed by atoms with Crippen molar-refractivity contribution in [1.29, 1.82) is 0 Å². The molecule has 27 heavy (non-hydrogen) atoms. The molecule has 0 spiro atoms. The SMILES string of the molecule is Clc1ccccc1-c1cnc(CNC2CCN(Cc3ccccc3)CC2)s1. The van der Waals surface area contributed by atoms with Gasteiger partial charge in [-0.05, 0) is 37.6 Å². The molecule has 0 saturated carbocycles. The van der Waals surface area contributed by atoms with E-state index in [4.69, 9.17) is 11.6 Å². The Morgan fingerprint density at radius 2 is 1.78 bits per heavy atom. The molecule has 4 rings (SSSR count). The summed E-state index contributed by atoms with van der Waals surface area (Å²) in [5.41, 5.74) is 2.47. The maximum absolute atomic E-state index is 6.30. The normalized spacial score (nSPS) is 15.9. The predicted octanol–water partition coefficient (Wildman–Crippen LogP) is 5.22. The molecule has 0 bridgehead atoms. The fraction of sp³-hybridized carbons (Fsp3) is 0.318. The minimum Gasteiger partial charge on any atom is -0.308 e. The van der Waals surface area contributed by atoms with Crippen molar-refractivity contribution in [3.63, 3.8) is 0 Å². The Labute approximate surface area is 170 Å². The molecule has 0 aliphatic carbocycles. The third-order valence-corrected chi connectivity index (χ3v) is 6.43. The average Bonchev–Trinajstić information content (AvgIpc) is 3.17. The zero-order chi connectivity index (χ0) is 18.5. The van der Waals surface area contributed by atoms with Crippen molar-refractivity contribution in [3.8, 4) is 10.4 Å². The summed E-state index contributed by atoms with van der Waals surface area (Å²) in [5.74, 6) is 0. The molecule has 0 atom stereocenters. The van der Waals surface area contributed by atoms with E-state index in [-0.39, 0.29) is 0 Å². The van der Waals surface area contributed by atoms with Crippen molar-refractivity contribution in [2.75, 3.05) is 13.1 Å². The highest BCUT2D eigenvalue weighted by molar-refractivity contribution is 7.15. The van der Waals surface area contributed by atoms with Crippen LogP contribution in [0.1, 0.15) is 23.4 Å². The summed E-state index contributed by atoms with van der Waals surface area (Å²) in [6.45, 7) is 4.18. The molecular weight excluding hydrogens is 374 g/mol.